The number of ether oxygens (including phenoxy) is 2. The molecule has 0 fully saturated rings. The Hall–Kier alpha value is -3.61. The van der Waals surface area contributed by atoms with Crippen LogP contribution in [0.3, 0.4) is 0 Å². The zero-order chi connectivity index (χ0) is 27.3. The molecule has 0 radical (unpaired) electrons. The minimum Gasteiger partial charge on any atom is -0.444 e. The topological polar surface area (TPSA) is 94.8 Å². The largest absolute Gasteiger partial charge is 0.444 e. The van der Waals surface area contributed by atoms with Crippen molar-refractivity contribution in [2.75, 3.05) is 0 Å². The normalized spacial score (nSPS) is 12.4. The summed E-state index contributed by atoms with van der Waals surface area (Å²) in [7, 11) is 0. The first-order valence-electron chi connectivity index (χ1n) is 12.7. The van der Waals surface area contributed by atoms with E-state index in [1.165, 1.54) is 0 Å². The second kappa shape index (κ2) is 11.6. The molecule has 1 N–H and O–H groups in total. The first kappa shape index (κ1) is 28.0. The first-order chi connectivity index (χ1) is 17.4. The average Bonchev–Trinajstić information content (AvgIpc) is 2.81. The molecular weight excluding hydrogens is 470 g/mol. The van der Waals surface area contributed by atoms with Crippen molar-refractivity contribution in [3.8, 4) is 5.75 Å². The third kappa shape index (κ3) is 7.44. The van der Waals surface area contributed by atoms with Gasteiger partial charge in [0.05, 0.1) is 0 Å². The van der Waals surface area contributed by atoms with Crippen LogP contribution in [0.5, 0.6) is 5.75 Å². The van der Waals surface area contributed by atoms with Gasteiger partial charge in [-0.25, -0.2) is 14.4 Å². The summed E-state index contributed by atoms with van der Waals surface area (Å²) >= 11 is 0. The predicted molar refractivity (Wildman–Crippen MR) is 144 cm³/mol. The van der Waals surface area contributed by atoms with Crippen molar-refractivity contribution in [1.29, 1.82) is 0 Å². The summed E-state index contributed by atoms with van der Waals surface area (Å²) in [6, 6.07) is 12.4. The molecule has 1 atom stereocenters. The Balaban J connectivity index is 1.87. The Morgan fingerprint density at radius 2 is 1.65 bits per heavy atom. The maximum absolute atomic E-state index is 13.1. The summed E-state index contributed by atoms with van der Waals surface area (Å²) in [5, 5.41) is 3.43. The van der Waals surface area contributed by atoms with Gasteiger partial charge >= 0.3 is 17.7 Å². The zero-order valence-corrected chi connectivity index (χ0v) is 22.8. The molecule has 2 aromatic carbocycles. The SMILES string of the molecule is Cc1c(Cc2ccccc2)c(=O)oc2c(C)c(OC(=O)[C@@H](CCC(C)C)NC(=O)OC(C)(C)C)ccc12. The third-order valence-corrected chi connectivity index (χ3v) is 6.10. The summed E-state index contributed by atoms with van der Waals surface area (Å²) in [5.41, 5.74) is 2.25. The minimum atomic E-state index is -0.880. The minimum absolute atomic E-state index is 0.274. The monoisotopic (exact) mass is 507 g/mol. The van der Waals surface area contributed by atoms with E-state index >= 15 is 0 Å². The van der Waals surface area contributed by atoms with Gasteiger partial charge in [-0.1, -0.05) is 44.2 Å². The van der Waals surface area contributed by atoms with Crippen LogP contribution < -0.4 is 15.7 Å². The number of hydrogen-bond acceptors (Lipinski definition) is 6. The predicted octanol–water partition coefficient (Wildman–Crippen LogP) is 6.24. The quantitative estimate of drug-likeness (QED) is 0.220. The van der Waals surface area contributed by atoms with E-state index in [2.05, 4.69) is 5.32 Å². The molecule has 37 heavy (non-hydrogen) atoms. The van der Waals surface area contributed by atoms with Crippen LogP contribution in [0.4, 0.5) is 4.79 Å². The van der Waals surface area contributed by atoms with E-state index in [1.807, 2.05) is 51.1 Å². The van der Waals surface area contributed by atoms with Crippen LogP contribution >= 0.6 is 0 Å². The van der Waals surface area contributed by atoms with Crippen molar-refractivity contribution in [2.45, 2.75) is 79.4 Å². The highest BCUT2D eigenvalue weighted by Gasteiger charge is 2.27. The number of carbonyl (C=O) groups excluding carboxylic acids is 2. The number of aryl methyl sites for hydroxylation is 2. The Kier molecular flexibility index (Phi) is 8.79. The highest BCUT2D eigenvalue weighted by atomic mass is 16.6. The molecule has 3 aromatic rings. The molecule has 1 heterocycles. The average molecular weight is 508 g/mol. The molecule has 0 saturated carbocycles. The molecule has 1 aromatic heterocycles. The fraction of sp³-hybridized carbons (Fsp3) is 0.433. The molecule has 0 aliphatic rings. The fourth-order valence-corrected chi connectivity index (χ4v) is 4.06. The van der Waals surface area contributed by atoms with Crippen LogP contribution in [-0.4, -0.2) is 23.7 Å². The van der Waals surface area contributed by atoms with Crippen LogP contribution in [0.25, 0.3) is 11.0 Å². The second-order valence-electron chi connectivity index (χ2n) is 10.8. The van der Waals surface area contributed by atoms with E-state index < -0.39 is 29.3 Å². The number of hydrogen-bond donors (Lipinski definition) is 1. The molecule has 7 nitrogen and oxygen atoms in total. The molecule has 7 heteroatoms. The van der Waals surface area contributed by atoms with Gasteiger partial charge in [-0.3, -0.25) is 0 Å². The van der Waals surface area contributed by atoms with Gasteiger partial charge in [0, 0.05) is 22.9 Å². The highest BCUT2D eigenvalue weighted by molar-refractivity contribution is 5.88. The number of amides is 1. The molecule has 1 amide bonds. The molecule has 0 bridgehead atoms. The smallest absolute Gasteiger partial charge is 0.408 e. The number of carbonyl (C=O) groups is 2. The van der Waals surface area contributed by atoms with Crippen LogP contribution in [0, 0.1) is 19.8 Å². The van der Waals surface area contributed by atoms with Crippen LogP contribution in [0.1, 0.15) is 69.7 Å². The van der Waals surface area contributed by atoms with Gasteiger partial charge in [0.1, 0.15) is 23.0 Å². The summed E-state index contributed by atoms with van der Waals surface area (Å²) < 4.78 is 16.8. The number of nitrogens with one attached hydrogen (secondary N) is 1. The summed E-state index contributed by atoms with van der Waals surface area (Å²) in [6.07, 6.45) is 0.902. The molecule has 0 saturated heterocycles. The van der Waals surface area contributed by atoms with Crippen LogP contribution in [-0.2, 0) is 16.0 Å². The van der Waals surface area contributed by atoms with Crippen molar-refractivity contribution in [1.82, 2.24) is 5.32 Å². The third-order valence-electron chi connectivity index (χ3n) is 6.10. The Morgan fingerprint density at radius 3 is 2.27 bits per heavy atom. The number of alkyl carbamates (subject to hydrolysis) is 1. The Bertz CT molecular complexity index is 1320. The number of esters is 1. The lowest BCUT2D eigenvalue weighted by Crippen LogP contribution is -2.45. The van der Waals surface area contributed by atoms with Crippen molar-refractivity contribution < 1.29 is 23.5 Å². The van der Waals surface area contributed by atoms with Gasteiger partial charge in [0.25, 0.3) is 0 Å². The molecule has 0 aliphatic heterocycles. The summed E-state index contributed by atoms with van der Waals surface area (Å²) in [4.78, 5) is 38.4. The van der Waals surface area contributed by atoms with Gasteiger partial charge in [0.2, 0.25) is 0 Å². The number of benzene rings is 2. The van der Waals surface area contributed by atoms with Gasteiger partial charge in [-0.15, -0.1) is 0 Å². The molecule has 0 spiro atoms. The molecule has 0 aliphatic carbocycles. The zero-order valence-electron chi connectivity index (χ0n) is 22.8. The lowest BCUT2D eigenvalue weighted by molar-refractivity contribution is -0.137. The first-order valence-corrected chi connectivity index (χ1v) is 12.7. The number of rotatable bonds is 8. The maximum Gasteiger partial charge on any atom is 0.408 e. The molecule has 198 valence electrons. The maximum atomic E-state index is 13.1. The van der Waals surface area contributed by atoms with Crippen molar-refractivity contribution >= 4 is 23.0 Å². The van der Waals surface area contributed by atoms with Crippen molar-refractivity contribution in [3.63, 3.8) is 0 Å². The van der Waals surface area contributed by atoms with E-state index in [-0.39, 0.29) is 5.75 Å². The van der Waals surface area contributed by atoms with E-state index in [0.29, 0.717) is 41.9 Å². The standard InChI is InChI=1S/C30H37NO6/c1-18(2)13-15-24(31-29(34)37-30(5,6)7)28(33)35-25-16-14-22-19(3)23(17-21-11-9-8-10-12-21)27(32)36-26(22)20(25)4/h8-12,14,16,18,24H,13,15,17H2,1-7H3,(H,31,34)/t24-/m1/s1. The van der Waals surface area contributed by atoms with Crippen molar-refractivity contribution in [2.24, 2.45) is 5.92 Å². The van der Waals surface area contributed by atoms with E-state index in [4.69, 9.17) is 13.9 Å². The molecule has 0 unspecified atom stereocenters. The van der Waals surface area contributed by atoms with Gasteiger partial charge in [-0.2, -0.15) is 0 Å². The van der Waals surface area contributed by atoms with Gasteiger partial charge in [-0.05, 0) is 76.6 Å². The lowest BCUT2D eigenvalue weighted by Gasteiger charge is -2.23. The molecular formula is C30H37NO6. The van der Waals surface area contributed by atoms with E-state index in [1.54, 1.807) is 39.8 Å². The fourth-order valence-electron chi connectivity index (χ4n) is 4.06. The van der Waals surface area contributed by atoms with Crippen LogP contribution in [0.15, 0.2) is 51.7 Å². The van der Waals surface area contributed by atoms with Crippen molar-refractivity contribution in [3.05, 3.63) is 75.1 Å². The molecule has 3 rings (SSSR count). The van der Waals surface area contributed by atoms with E-state index in [0.717, 1.165) is 16.5 Å². The van der Waals surface area contributed by atoms with E-state index in [9.17, 15) is 14.4 Å². The van der Waals surface area contributed by atoms with Gasteiger partial charge in [0.15, 0.2) is 0 Å². The highest BCUT2D eigenvalue weighted by Crippen LogP contribution is 2.30. The summed E-state index contributed by atoms with van der Waals surface area (Å²) in [6.45, 7) is 13.0. The Morgan fingerprint density at radius 1 is 0.973 bits per heavy atom. The number of fused-ring (bicyclic) bond motifs is 1. The van der Waals surface area contributed by atoms with Gasteiger partial charge < -0.3 is 19.2 Å². The summed E-state index contributed by atoms with van der Waals surface area (Å²) in [5.74, 6) is 0.00518. The Labute approximate surface area is 218 Å². The lowest BCUT2D eigenvalue weighted by atomic mass is 9.98. The van der Waals surface area contributed by atoms with Crippen LogP contribution in [0.2, 0.25) is 0 Å². The second-order valence-corrected chi connectivity index (χ2v) is 10.8.